The van der Waals surface area contributed by atoms with Crippen LogP contribution in [0.2, 0.25) is 0 Å². The molecule has 1 aliphatic rings. The van der Waals surface area contributed by atoms with Crippen LogP contribution < -0.4 is 5.32 Å². The summed E-state index contributed by atoms with van der Waals surface area (Å²) in [5, 5.41) is 2.94. The molecule has 12 heavy (non-hydrogen) atoms. The first-order valence-electron chi connectivity index (χ1n) is 4.19. The van der Waals surface area contributed by atoms with Crippen LogP contribution in [0.5, 0.6) is 0 Å². The fourth-order valence-corrected chi connectivity index (χ4v) is 2.35. The number of nitrogens with one attached hydrogen (secondary N) is 1. The zero-order valence-corrected chi connectivity index (χ0v) is 8.15. The number of hydrogen-bond acceptors (Lipinski definition) is 3. The van der Waals surface area contributed by atoms with Crippen molar-refractivity contribution in [2.45, 2.75) is 18.9 Å². The number of hydrogen-bond donors (Lipinski definition) is 1. The molecule has 3 nitrogen and oxygen atoms in total. The average Bonchev–Trinajstić information content (AvgIpc) is 2.06. The molecule has 1 aliphatic heterocycles. The van der Waals surface area contributed by atoms with Crippen LogP contribution >= 0.6 is 11.8 Å². The van der Waals surface area contributed by atoms with Crippen molar-refractivity contribution in [2.24, 2.45) is 0 Å². The Kier molecular flexibility index (Phi) is 4.46. The van der Waals surface area contributed by atoms with Gasteiger partial charge in [-0.2, -0.15) is 11.8 Å². The maximum absolute atomic E-state index is 11.1. The first-order chi connectivity index (χ1) is 5.83. The van der Waals surface area contributed by atoms with Gasteiger partial charge in [0, 0.05) is 13.2 Å². The maximum atomic E-state index is 11.1. The minimum atomic E-state index is 0.00870. The summed E-state index contributed by atoms with van der Waals surface area (Å²) >= 11 is 1.96. The number of thioether (sulfide) groups is 1. The van der Waals surface area contributed by atoms with Crippen LogP contribution in [0.25, 0.3) is 0 Å². The highest BCUT2D eigenvalue weighted by molar-refractivity contribution is 7.99. The lowest BCUT2D eigenvalue weighted by Gasteiger charge is -2.22. The summed E-state index contributed by atoms with van der Waals surface area (Å²) in [5.41, 5.74) is 0. The molecule has 0 radical (unpaired) electrons. The highest BCUT2D eigenvalue weighted by atomic mass is 32.2. The fraction of sp³-hybridized carbons (Fsp3) is 0.875. The van der Waals surface area contributed by atoms with Crippen LogP contribution in [0.1, 0.15) is 12.8 Å². The molecule has 0 aromatic heterocycles. The summed E-state index contributed by atoms with van der Waals surface area (Å²) < 4.78 is 4.73. The zero-order chi connectivity index (χ0) is 8.81. The molecule has 0 aromatic carbocycles. The molecule has 1 saturated heterocycles. The second-order valence-electron chi connectivity index (χ2n) is 2.89. The number of amides is 1. The fourth-order valence-electron chi connectivity index (χ4n) is 1.24. The topological polar surface area (TPSA) is 38.3 Å². The van der Waals surface area contributed by atoms with Crippen molar-refractivity contribution in [1.29, 1.82) is 0 Å². The van der Waals surface area contributed by atoms with E-state index in [1.807, 2.05) is 11.8 Å². The van der Waals surface area contributed by atoms with Crippen molar-refractivity contribution in [3.05, 3.63) is 0 Å². The Morgan fingerprint density at radius 1 is 1.58 bits per heavy atom. The Morgan fingerprint density at radius 3 is 2.83 bits per heavy atom. The van der Waals surface area contributed by atoms with Gasteiger partial charge in [0.2, 0.25) is 5.91 Å². The summed E-state index contributed by atoms with van der Waals surface area (Å²) in [6.07, 6.45) is 2.19. The smallest absolute Gasteiger partial charge is 0.246 e. The Balaban J connectivity index is 2.15. The van der Waals surface area contributed by atoms with Gasteiger partial charge in [-0.1, -0.05) is 0 Å². The number of rotatable bonds is 3. The predicted octanol–water partition coefficient (Wildman–Crippen LogP) is 0.645. The van der Waals surface area contributed by atoms with Gasteiger partial charge >= 0.3 is 0 Å². The normalized spacial score (nSPS) is 19.1. The van der Waals surface area contributed by atoms with Crippen LogP contribution in [0, 0.1) is 0 Å². The Bertz CT molecular complexity index is 146. The number of ether oxygens (including phenoxy) is 1. The molecule has 1 heterocycles. The lowest BCUT2D eigenvalue weighted by molar-refractivity contribution is -0.125. The molecule has 0 saturated carbocycles. The molecule has 70 valence electrons. The van der Waals surface area contributed by atoms with E-state index < -0.39 is 0 Å². The van der Waals surface area contributed by atoms with E-state index >= 15 is 0 Å². The highest BCUT2D eigenvalue weighted by Gasteiger charge is 2.15. The zero-order valence-electron chi connectivity index (χ0n) is 7.34. The van der Waals surface area contributed by atoms with Gasteiger partial charge < -0.3 is 10.1 Å². The number of methoxy groups -OCH3 is 1. The molecular formula is C8H15NO2S. The van der Waals surface area contributed by atoms with Gasteiger partial charge in [-0.3, -0.25) is 4.79 Å². The van der Waals surface area contributed by atoms with Crippen molar-refractivity contribution >= 4 is 17.7 Å². The number of carbonyl (C=O) groups excluding carboxylic acids is 1. The third-order valence-electron chi connectivity index (χ3n) is 1.86. The molecule has 0 unspecified atom stereocenters. The van der Waals surface area contributed by atoms with E-state index in [-0.39, 0.29) is 12.5 Å². The van der Waals surface area contributed by atoms with Crippen LogP contribution in [0.3, 0.4) is 0 Å². The molecular weight excluding hydrogens is 174 g/mol. The van der Waals surface area contributed by atoms with Crippen LogP contribution in [-0.4, -0.2) is 37.2 Å². The van der Waals surface area contributed by atoms with E-state index in [0.717, 1.165) is 24.3 Å². The molecule has 1 amide bonds. The van der Waals surface area contributed by atoms with E-state index in [1.54, 1.807) is 0 Å². The molecule has 1 rings (SSSR count). The highest BCUT2D eigenvalue weighted by Crippen LogP contribution is 2.16. The van der Waals surface area contributed by atoms with E-state index in [9.17, 15) is 4.79 Å². The standard InChI is InChI=1S/C8H15NO2S/c1-11-6-8(10)9-7-2-4-12-5-3-7/h7H,2-6H2,1H3,(H,9,10). The first-order valence-corrected chi connectivity index (χ1v) is 5.34. The largest absolute Gasteiger partial charge is 0.375 e. The van der Waals surface area contributed by atoms with Gasteiger partial charge in [-0.15, -0.1) is 0 Å². The Morgan fingerprint density at radius 2 is 2.25 bits per heavy atom. The van der Waals surface area contributed by atoms with Gasteiger partial charge in [0.25, 0.3) is 0 Å². The minimum Gasteiger partial charge on any atom is -0.375 e. The molecule has 0 bridgehead atoms. The molecule has 4 heteroatoms. The molecule has 0 aliphatic carbocycles. The van der Waals surface area contributed by atoms with Gasteiger partial charge in [-0.05, 0) is 24.3 Å². The average molecular weight is 189 g/mol. The Hall–Kier alpha value is -0.220. The van der Waals surface area contributed by atoms with E-state index in [2.05, 4.69) is 5.32 Å². The maximum Gasteiger partial charge on any atom is 0.246 e. The monoisotopic (exact) mass is 189 g/mol. The van der Waals surface area contributed by atoms with Crippen molar-refractivity contribution in [2.75, 3.05) is 25.2 Å². The summed E-state index contributed by atoms with van der Waals surface area (Å²) in [5.74, 6) is 2.34. The molecule has 1 N–H and O–H groups in total. The first kappa shape index (κ1) is 9.86. The van der Waals surface area contributed by atoms with Crippen LogP contribution in [0.15, 0.2) is 0 Å². The van der Waals surface area contributed by atoms with Crippen molar-refractivity contribution < 1.29 is 9.53 Å². The van der Waals surface area contributed by atoms with Gasteiger partial charge in [0.1, 0.15) is 6.61 Å². The van der Waals surface area contributed by atoms with E-state index in [0.29, 0.717) is 6.04 Å². The van der Waals surface area contributed by atoms with E-state index in [1.165, 1.54) is 7.11 Å². The molecule has 1 fully saturated rings. The summed E-state index contributed by atoms with van der Waals surface area (Å²) in [4.78, 5) is 11.1. The van der Waals surface area contributed by atoms with Crippen molar-refractivity contribution in [3.8, 4) is 0 Å². The van der Waals surface area contributed by atoms with Crippen LogP contribution in [0.4, 0.5) is 0 Å². The van der Waals surface area contributed by atoms with Gasteiger partial charge in [0.05, 0.1) is 0 Å². The summed E-state index contributed by atoms with van der Waals surface area (Å²) in [6.45, 7) is 0.184. The van der Waals surface area contributed by atoms with E-state index in [4.69, 9.17) is 4.74 Å². The van der Waals surface area contributed by atoms with Gasteiger partial charge in [-0.25, -0.2) is 0 Å². The second-order valence-corrected chi connectivity index (χ2v) is 4.11. The molecule has 0 spiro atoms. The molecule has 0 atom stereocenters. The second kappa shape index (κ2) is 5.43. The minimum absolute atomic E-state index is 0.00870. The summed E-state index contributed by atoms with van der Waals surface area (Å²) in [6, 6.07) is 0.383. The molecule has 0 aromatic rings. The predicted molar refractivity (Wildman–Crippen MR) is 50.4 cm³/mol. The SMILES string of the molecule is COCC(=O)NC1CCSCC1. The third-order valence-corrected chi connectivity index (χ3v) is 2.91. The number of carbonyl (C=O) groups is 1. The summed E-state index contributed by atoms with van der Waals surface area (Å²) in [7, 11) is 1.54. The Labute approximate surface area is 77.2 Å². The lowest BCUT2D eigenvalue weighted by atomic mass is 10.1. The van der Waals surface area contributed by atoms with Crippen molar-refractivity contribution in [3.63, 3.8) is 0 Å². The van der Waals surface area contributed by atoms with Gasteiger partial charge in [0.15, 0.2) is 0 Å². The van der Waals surface area contributed by atoms with Crippen LogP contribution in [-0.2, 0) is 9.53 Å². The lowest BCUT2D eigenvalue weighted by Crippen LogP contribution is -2.39. The van der Waals surface area contributed by atoms with Crippen molar-refractivity contribution in [1.82, 2.24) is 5.32 Å². The third kappa shape index (κ3) is 3.45. The quantitative estimate of drug-likeness (QED) is 0.708.